The van der Waals surface area contributed by atoms with Crippen molar-refractivity contribution in [2.45, 2.75) is 73.8 Å². The molecule has 0 saturated carbocycles. The topological polar surface area (TPSA) is 54.0 Å². The number of esters is 1. The number of carbonyl (C=O) groups excluding carboxylic acids is 1. The first-order chi connectivity index (χ1) is 11.4. The molecule has 0 aliphatic heterocycles. The summed E-state index contributed by atoms with van der Waals surface area (Å²) in [5, 5.41) is 0. The van der Waals surface area contributed by atoms with E-state index >= 15 is 0 Å². The largest absolute Gasteiger partial charge is 0.503 e. The van der Waals surface area contributed by atoms with Crippen LogP contribution >= 0.6 is 0 Å². The Morgan fingerprint density at radius 1 is 0.880 bits per heavy atom. The van der Waals surface area contributed by atoms with Gasteiger partial charge in [0.25, 0.3) is 0 Å². The molecular formula is C19H40O5Si. The van der Waals surface area contributed by atoms with Gasteiger partial charge in [-0.3, -0.25) is 4.79 Å². The fourth-order valence-electron chi connectivity index (χ4n) is 3.04. The molecule has 25 heavy (non-hydrogen) atoms. The maximum Gasteiger partial charge on any atom is 0.503 e. The predicted octanol–water partition coefficient (Wildman–Crippen LogP) is 4.68. The van der Waals surface area contributed by atoms with E-state index in [1.807, 2.05) is 6.92 Å². The molecule has 0 spiro atoms. The lowest BCUT2D eigenvalue weighted by Gasteiger charge is -2.45. The van der Waals surface area contributed by atoms with E-state index in [1.165, 1.54) is 0 Å². The second-order valence-electron chi connectivity index (χ2n) is 8.45. The van der Waals surface area contributed by atoms with Gasteiger partial charge in [-0.2, -0.15) is 0 Å². The average molecular weight is 377 g/mol. The zero-order valence-electron chi connectivity index (χ0n) is 18.1. The van der Waals surface area contributed by atoms with Crippen molar-refractivity contribution in [3.05, 3.63) is 0 Å². The minimum Gasteiger partial charge on any atom is -0.465 e. The zero-order chi connectivity index (χ0) is 19.9. The van der Waals surface area contributed by atoms with Crippen molar-refractivity contribution in [3.63, 3.8) is 0 Å². The molecule has 0 rings (SSSR count). The van der Waals surface area contributed by atoms with Crippen LogP contribution in [0.15, 0.2) is 0 Å². The van der Waals surface area contributed by atoms with Gasteiger partial charge >= 0.3 is 14.8 Å². The summed E-state index contributed by atoms with van der Waals surface area (Å²) in [6.07, 6.45) is 2.71. The number of carbonyl (C=O) groups is 1. The van der Waals surface area contributed by atoms with Gasteiger partial charge in [-0.25, -0.2) is 0 Å². The van der Waals surface area contributed by atoms with Crippen molar-refractivity contribution in [2.24, 2.45) is 16.2 Å². The molecule has 0 N–H and O–H groups in total. The number of hydrogen-bond donors (Lipinski definition) is 0. The summed E-state index contributed by atoms with van der Waals surface area (Å²) in [7, 11) is 1.97. The minimum atomic E-state index is -2.73. The highest BCUT2D eigenvalue weighted by Gasteiger charge is 2.50. The van der Waals surface area contributed by atoms with Gasteiger partial charge in [0.05, 0.1) is 18.1 Å². The molecular weight excluding hydrogens is 336 g/mol. The lowest BCUT2D eigenvalue weighted by Crippen LogP contribution is -2.47. The smallest absolute Gasteiger partial charge is 0.465 e. The van der Waals surface area contributed by atoms with Crippen LogP contribution in [0.5, 0.6) is 0 Å². The third kappa shape index (κ3) is 6.05. The lowest BCUT2D eigenvalue weighted by atomic mass is 9.58. The van der Waals surface area contributed by atoms with Crippen molar-refractivity contribution >= 4 is 14.8 Å². The highest BCUT2D eigenvalue weighted by atomic mass is 28.4. The van der Waals surface area contributed by atoms with Crippen LogP contribution < -0.4 is 0 Å². The molecule has 0 fully saturated rings. The Labute approximate surface area is 156 Å². The summed E-state index contributed by atoms with van der Waals surface area (Å²) in [5.41, 5.74) is -0.641. The van der Waals surface area contributed by atoms with Gasteiger partial charge in [0.2, 0.25) is 0 Å². The van der Waals surface area contributed by atoms with Crippen LogP contribution in [0.1, 0.15) is 67.7 Å². The van der Waals surface area contributed by atoms with Crippen molar-refractivity contribution < 1.29 is 22.8 Å². The molecule has 150 valence electrons. The molecule has 0 heterocycles. The Bertz CT molecular complexity index is 410. The average Bonchev–Trinajstić information content (AvgIpc) is 2.58. The predicted molar refractivity (Wildman–Crippen MR) is 103 cm³/mol. The van der Waals surface area contributed by atoms with E-state index in [-0.39, 0.29) is 23.4 Å². The molecule has 0 aliphatic carbocycles. The molecule has 0 aromatic rings. The van der Waals surface area contributed by atoms with Crippen molar-refractivity contribution in [1.29, 1.82) is 0 Å². The molecule has 0 aromatic carbocycles. The maximum atomic E-state index is 13.1. The van der Waals surface area contributed by atoms with Crippen LogP contribution in [0.25, 0.3) is 0 Å². The quantitative estimate of drug-likeness (QED) is 0.366. The van der Waals surface area contributed by atoms with Gasteiger partial charge in [0.15, 0.2) is 0 Å². The summed E-state index contributed by atoms with van der Waals surface area (Å²) in [5.74, 6) is -0.146. The van der Waals surface area contributed by atoms with Crippen LogP contribution in [0, 0.1) is 16.2 Å². The highest BCUT2D eigenvalue weighted by Crippen LogP contribution is 2.50. The molecule has 0 aromatic heterocycles. The first-order valence-electron chi connectivity index (χ1n) is 9.22. The van der Waals surface area contributed by atoms with E-state index < -0.39 is 14.2 Å². The van der Waals surface area contributed by atoms with E-state index in [4.69, 9.17) is 18.0 Å². The zero-order valence-corrected chi connectivity index (χ0v) is 19.1. The second kappa shape index (κ2) is 9.49. The van der Waals surface area contributed by atoms with Crippen LogP contribution in [0.2, 0.25) is 6.04 Å². The monoisotopic (exact) mass is 376 g/mol. The molecule has 1 unspecified atom stereocenters. The van der Waals surface area contributed by atoms with Crippen LogP contribution in [-0.4, -0.2) is 42.7 Å². The summed E-state index contributed by atoms with van der Waals surface area (Å²) < 4.78 is 21.9. The Morgan fingerprint density at radius 2 is 1.36 bits per heavy atom. The Balaban J connectivity index is 5.26. The van der Waals surface area contributed by atoms with E-state index in [0.29, 0.717) is 6.04 Å². The SMILES string of the molecule is CCC(C)(C)CC(C)(C(=O)OCC[Si](OC)(OC)OC)C(C)(C)CC. The Kier molecular flexibility index (Phi) is 9.32. The van der Waals surface area contributed by atoms with E-state index in [1.54, 1.807) is 21.3 Å². The summed E-state index contributed by atoms with van der Waals surface area (Å²) in [4.78, 5) is 13.1. The Hall–Kier alpha value is -0.433. The molecule has 0 aliphatic rings. The van der Waals surface area contributed by atoms with Crippen molar-refractivity contribution in [3.8, 4) is 0 Å². The van der Waals surface area contributed by atoms with Crippen molar-refractivity contribution in [2.75, 3.05) is 27.9 Å². The molecule has 1 atom stereocenters. The fraction of sp³-hybridized carbons (Fsp3) is 0.947. The highest BCUT2D eigenvalue weighted by molar-refractivity contribution is 6.60. The van der Waals surface area contributed by atoms with E-state index in [9.17, 15) is 4.79 Å². The number of hydrogen-bond acceptors (Lipinski definition) is 5. The van der Waals surface area contributed by atoms with Crippen LogP contribution in [0.3, 0.4) is 0 Å². The van der Waals surface area contributed by atoms with E-state index in [0.717, 1.165) is 19.3 Å². The first-order valence-corrected chi connectivity index (χ1v) is 11.1. The second-order valence-corrected chi connectivity index (χ2v) is 11.5. The number of rotatable bonds is 12. The van der Waals surface area contributed by atoms with Gasteiger partial charge in [-0.1, -0.05) is 48.0 Å². The molecule has 5 nitrogen and oxygen atoms in total. The molecule has 0 bridgehead atoms. The molecule has 0 saturated heterocycles. The Morgan fingerprint density at radius 3 is 1.72 bits per heavy atom. The maximum absolute atomic E-state index is 13.1. The number of ether oxygens (including phenoxy) is 1. The summed E-state index contributed by atoms with van der Waals surface area (Å²) >= 11 is 0. The third-order valence-corrected chi connectivity index (χ3v) is 8.87. The third-order valence-electron chi connectivity index (χ3n) is 6.19. The lowest BCUT2D eigenvalue weighted by molar-refractivity contribution is -0.166. The van der Waals surface area contributed by atoms with Crippen molar-refractivity contribution in [1.82, 2.24) is 0 Å². The molecule has 0 amide bonds. The first kappa shape index (κ1) is 24.6. The van der Waals surface area contributed by atoms with Crippen LogP contribution in [-0.2, 0) is 22.8 Å². The minimum absolute atomic E-state index is 0.0737. The summed E-state index contributed by atoms with van der Waals surface area (Å²) in [6.45, 7) is 15.3. The standard InChI is InChI=1S/C19H40O5Si/c1-11-17(3,4)15-19(7,18(5,6)12-2)16(20)24-13-14-25(21-8,22-9)23-10/h11-15H2,1-10H3. The van der Waals surface area contributed by atoms with Gasteiger partial charge in [0, 0.05) is 21.3 Å². The normalized spacial score (nSPS) is 15.8. The van der Waals surface area contributed by atoms with Gasteiger partial charge < -0.3 is 18.0 Å². The van der Waals surface area contributed by atoms with Gasteiger partial charge in [0.1, 0.15) is 0 Å². The molecule has 6 heteroatoms. The van der Waals surface area contributed by atoms with Gasteiger partial charge in [-0.05, 0) is 30.6 Å². The molecule has 0 radical (unpaired) electrons. The van der Waals surface area contributed by atoms with Gasteiger partial charge in [-0.15, -0.1) is 0 Å². The van der Waals surface area contributed by atoms with E-state index in [2.05, 4.69) is 41.5 Å². The summed E-state index contributed by atoms with van der Waals surface area (Å²) in [6, 6.07) is 0.446. The fourth-order valence-corrected chi connectivity index (χ4v) is 4.51. The van der Waals surface area contributed by atoms with Crippen LogP contribution in [0.4, 0.5) is 0 Å².